The Balaban J connectivity index is 1.94. The summed E-state index contributed by atoms with van der Waals surface area (Å²) in [6.45, 7) is 12.6. The van der Waals surface area contributed by atoms with Crippen LogP contribution in [0.15, 0.2) is 24.3 Å². The minimum absolute atomic E-state index is 0.249. The van der Waals surface area contributed by atoms with Crippen molar-refractivity contribution in [2.24, 2.45) is 5.41 Å². The third kappa shape index (κ3) is 3.60. The summed E-state index contributed by atoms with van der Waals surface area (Å²) in [6, 6.07) is 9.77. The van der Waals surface area contributed by atoms with Crippen LogP contribution in [0.2, 0.25) is 0 Å². The first-order chi connectivity index (χ1) is 8.79. The van der Waals surface area contributed by atoms with Gasteiger partial charge in [0.2, 0.25) is 0 Å². The minimum Gasteiger partial charge on any atom is -0.309 e. The van der Waals surface area contributed by atoms with Crippen molar-refractivity contribution in [2.45, 2.75) is 71.9 Å². The first-order valence-electron chi connectivity index (χ1n) is 7.62. The summed E-state index contributed by atoms with van der Waals surface area (Å²) in [5.74, 6) is 0. The van der Waals surface area contributed by atoms with Gasteiger partial charge in [-0.2, -0.15) is 0 Å². The molecule has 0 aliphatic heterocycles. The molecule has 1 fully saturated rings. The van der Waals surface area contributed by atoms with Crippen LogP contribution in [0, 0.1) is 5.41 Å². The molecule has 0 bridgehead atoms. The molecule has 0 saturated heterocycles. The standard InChI is InChI=1S/C18H29N/c1-17(2,3)15-10-8-14(9-11-15)13-19-16-7-6-12-18(16,4)5/h8-11,16,19H,6-7,12-13H2,1-5H3. The average molecular weight is 259 g/mol. The minimum atomic E-state index is 0.249. The van der Waals surface area contributed by atoms with Gasteiger partial charge >= 0.3 is 0 Å². The predicted octanol–water partition coefficient (Wildman–Crippen LogP) is 4.65. The van der Waals surface area contributed by atoms with E-state index in [0.717, 1.165) is 6.54 Å². The molecular weight excluding hydrogens is 230 g/mol. The second-order valence-electron chi connectivity index (χ2n) is 7.76. The lowest BCUT2D eigenvalue weighted by molar-refractivity contribution is 0.282. The molecule has 0 heterocycles. The van der Waals surface area contributed by atoms with Gasteiger partial charge in [-0.25, -0.2) is 0 Å². The van der Waals surface area contributed by atoms with E-state index < -0.39 is 0 Å². The average Bonchev–Trinajstić information content (AvgIpc) is 2.65. The number of benzene rings is 1. The molecule has 1 aromatic carbocycles. The van der Waals surface area contributed by atoms with Crippen molar-refractivity contribution in [3.05, 3.63) is 35.4 Å². The second kappa shape index (κ2) is 5.28. The van der Waals surface area contributed by atoms with Crippen molar-refractivity contribution in [1.82, 2.24) is 5.32 Å². The van der Waals surface area contributed by atoms with E-state index in [2.05, 4.69) is 64.2 Å². The maximum Gasteiger partial charge on any atom is 0.0208 e. The van der Waals surface area contributed by atoms with Crippen molar-refractivity contribution in [2.75, 3.05) is 0 Å². The van der Waals surface area contributed by atoms with Crippen LogP contribution in [-0.2, 0) is 12.0 Å². The molecule has 1 unspecified atom stereocenters. The molecule has 1 aliphatic rings. The fraction of sp³-hybridized carbons (Fsp3) is 0.667. The van der Waals surface area contributed by atoms with E-state index in [1.165, 1.54) is 30.4 Å². The second-order valence-corrected chi connectivity index (χ2v) is 7.76. The van der Waals surface area contributed by atoms with Crippen molar-refractivity contribution in [1.29, 1.82) is 0 Å². The van der Waals surface area contributed by atoms with E-state index >= 15 is 0 Å². The molecule has 1 nitrogen and oxygen atoms in total. The van der Waals surface area contributed by atoms with Gasteiger partial charge < -0.3 is 5.32 Å². The molecule has 1 saturated carbocycles. The molecule has 1 aromatic rings. The quantitative estimate of drug-likeness (QED) is 0.833. The van der Waals surface area contributed by atoms with Crippen LogP contribution in [0.3, 0.4) is 0 Å². The summed E-state index contributed by atoms with van der Waals surface area (Å²) in [6.07, 6.45) is 4.05. The molecule has 0 spiro atoms. The van der Waals surface area contributed by atoms with Gasteiger partial charge in [0.1, 0.15) is 0 Å². The van der Waals surface area contributed by atoms with Gasteiger partial charge in [-0.1, -0.05) is 65.3 Å². The van der Waals surface area contributed by atoms with Crippen molar-refractivity contribution >= 4 is 0 Å². The van der Waals surface area contributed by atoms with Crippen LogP contribution in [0.4, 0.5) is 0 Å². The maximum absolute atomic E-state index is 3.75. The first-order valence-corrected chi connectivity index (χ1v) is 7.62. The highest BCUT2D eigenvalue weighted by Crippen LogP contribution is 2.37. The Bertz CT molecular complexity index is 408. The van der Waals surface area contributed by atoms with Crippen LogP contribution < -0.4 is 5.32 Å². The lowest BCUT2D eigenvalue weighted by atomic mass is 9.86. The normalized spacial score (nSPS) is 22.7. The van der Waals surface area contributed by atoms with Gasteiger partial charge in [0, 0.05) is 12.6 Å². The van der Waals surface area contributed by atoms with Crippen LogP contribution in [0.1, 0.15) is 65.0 Å². The Kier molecular flexibility index (Phi) is 4.06. The third-order valence-electron chi connectivity index (χ3n) is 4.63. The summed E-state index contributed by atoms with van der Waals surface area (Å²) in [7, 11) is 0. The molecule has 1 heteroatoms. The highest BCUT2D eigenvalue weighted by molar-refractivity contribution is 5.27. The molecule has 19 heavy (non-hydrogen) atoms. The van der Waals surface area contributed by atoms with Crippen molar-refractivity contribution in [3.8, 4) is 0 Å². The molecular formula is C18H29N. The molecule has 106 valence electrons. The fourth-order valence-electron chi connectivity index (χ4n) is 3.07. The van der Waals surface area contributed by atoms with Gasteiger partial charge in [-0.05, 0) is 34.8 Å². The van der Waals surface area contributed by atoms with Gasteiger partial charge in [-0.3, -0.25) is 0 Å². The molecule has 0 aromatic heterocycles. The van der Waals surface area contributed by atoms with Crippen LogP contribution in [-0.4, -0.2) is 6.04 Å². The molecule has 0 amide bonds. The van der Waals surface area contributed by atoms with E-state index in [-0.39, 0.29) is 5.41 Å². The predicted molar refractivity (Wildman–Crippen MR) is 83.4 cm³/mol. The summed E-state index contributed by atoms with van der Waals surface area (Å²) in [4.78, 5) is 0. The monoisotopic (exact) mass is 259 g/mol. The molecule has 1 atom stereocenters. The summed E-state index contributed by atoms with van der Waals surface area (Å²) >= 11 is 0. The molecule has 1 aliphatic carbocycles. The zero-order chi connectivity index (χ0) is 14.1. The fourth-order valence-corrected chi connectivity index (χ4v) is 3.07. The smallest absolute Gasteiger partial charge is 0.0208 e. The maximum atomic E-state index is 3.75. The third-order valence-corrected chi connectivity index (χ3v) is 4.63. The van der Waals surface area contributed by atoms with E-state index in [4.69, 9.17) is 0 Å². The molecule has 0 radical (unpaired) electrons. The lowest BCUT2D eigenvalue weighted by Gasteiger charge is -2.28. The van der Waals surface area contributed by atoms with Crippen LogP contribution >= 0.6 is 0 Å². The van der Waals surface area contributed by atoms with Crippen molar-refractivity contribution in [3.63, 3.8) is 0 Å². The number of hydrogen-bond donors (Lipinski definition) is 1. The van der Waals surface area contributed by atoms with Gasteiger partial charge in [-0.15, -0.1) is 0 Å². The van der Waals surface area contributed by atoms with Gasteiger partial charge in [0.05, 0.1) is 0 Å². The summed E-state index contributed by atoms with van der Waals surface area (Å²) in [5.41, 5.74) is 3.53. The van der Waals surface area contributed by atoms with Gasteiger partial charge in [0.15, 0.2) is 0 Å². The number of rotatable bonds is 3. The Hall–Kier alpha value is -0.820. The van der Waals surface area contributed by atoms with Gasteiger partial charge in [0.25, 0.3) is 0 Å². The zero-order valence-corrected chi connectivity index (χ0v) is 13.2. The molecule has 2 rings (SSSR count). The van der Waals surface area contributed by atoms with E-state index in [9.17, 15) is 0 Å². The van der Waals surface area contributed by atoms with Crippen LogP contribution in [0.5, 0.6) is 0 Å². The SMILES string of the molecule is CC(C)(C)c1ccc(CNC2CCCC2(C)C)cc1. The zero-order valence-electron chi connectivity index (χ0n) is 13.2. The molecule has 1 N–H and O–H groups in total. The number of nitrogens with one attached hydrogen (secondary N) is 1. The highest BCUT2D eigenvalue weighted by Gasteiger charge is 2.33. The topological polar surface area (TPSA) is 12.0 Å². The summed E-state index contributed by atoms with van der Waals surface area (Å²) in [5, 5.41) is 3.75. The Morgan fingerprint density at radius 1 is 1.16 bits per heavy atom. The number of hydrogen-bond acceptors (Lipinski definition) is 1. The van der Waals surface area contributed by atoms with E-state index in [0.29, 0.717) is 11.5 Å². The van der Waals surface area contributed by atoms with Crippen LogP contribution in [0.25, 0.3) is 0 Å². The first kappa shape index (κ1) is 14.6. The largest absolute Gasteiger partial charge is 0.309 e. The van der Waals surface area contributed by atoms with E-state index in [1.54, 1.807) is 0 Å². The van der Waals surface area contributed by atoms with Crippen molar-refractivity contribution < 1.29 is 0 Å². The van der Waals surface area contributed by atoms with E-state index in [1.807, 2.05) is 0 Å². The summed E-state index contributed by atoms with van der Waals surface area (Å²) < 4.78 is 0. The highest BCUT2D eigenvalue weighted by atomic mass is 14.9. The Labute approximate surface area is 118 Å². The lowest BCUT2D eigenvalue weighted by Crippen LogP contribution is -2.37. The Morgan fingerprint density at radius 2 is 1.79 bits per heavy atom. The Morgan fingerprint density at radius 3 is 2.26 bits per heavy atom.